The maximum atomic E-state index is 13.9. The number of allylic oxidation sites excluding steroid dienone is 2. The van der Waals surface area contributed by atoms with E-state index in [1.807, 2.05) is 0 Å². The van der Waals surface area contributed by atoms with Crippen LogP contribution in [0.5, 0.6) is 0 Å². The summed E-state index contributed by atoms with van der Waals surface area (Å²) in [6, 6.07) is 0. The Hall–Kier alpha value is -3.49. The van der Waals surface area contributed by atoms with Crippen LogP contribution < -0.4 is 0 Å². The van der Waals surface area contributed by atoms with Crippen molar-refractivity contribution in [2.75, 3.05) is 20.3 Å². The van der Waals surface area contributed by atoms with Gasteiger partial charge < -0.3 is 63.8 Å². The van der Waals surface area contributed by atoms with Crippen LogP contribution in [0, 0.1) is 34.5 Å². The van der Waals surface area contributed by atoms with E-state index in [-0.39, 0.29) is 17.8 Å². The van der Waals surface area contributed by atoms with Gasteiger partial charge in [-0.3, -0.25) is 9.59 Å². The van der Waals surface area contributed by atoms with Crippen LogP contribution in [0.4, 0.5) is 0 Å². The van der Waals surface area contributed by atoms with Gasteiger partial charge in [0.2, 0.25) is 18.0 Å². The van der Waals surface area contributed by atoms with E-state index in [0.29, 0.717) is 0 Å². The van der Waals surface area contributed by atoms with E-state index in [2.05, 4.69) is 0 Å². The van der Waals surface area contributed by atoms with Crippen molar-refractivity contribution >= 4 is 29.7 Å². The molecule has 3 saturated heterocycles. The summed E-state index contributed by atoms with van der Waals surface area (Å²) in [6.45, 7) is 7.89. The van der Waals surface area contributed by atoms with Gasteiger partial charge in [-0.05, 0) is 50.2 Å². The summed E-state index contributed by atoms with van der Waals surface area (Å²) in [5, 5.41) is 65.1. The number of fused-ring (bicyclic) bond motifs is 2. The number of ether oxygens (including phenoxy) is 7. The Kier molecular flexibility index (Phi) is 10.1. The molecule has 0 radical (unpaired) electrons. The summed E-state index contributed by atoms with van der Waals surface area (Å²) in [4.78, 5) is 66.7. The molecule has 54 heavy (non-hydrogen) atoms. The monoisotopic (exact) mass is 768 g/mol. The minimum atomic E-state index is -2.43. The molecule has 6 N–H and O–H groups in total. The number of carbonyl (C=O) groups excluding carboxylic acids is 5. The van der Waals surface area contributed by atoms with Crippen molar-refractivity contribution in [3.63, 3.8) is 0 Å². The van der Waals surface area contributed by atoms with Crippen LogP contribution in [0.25, 0.3) is 0 Å². The fourth-order valence-corrected chi connectivity index (χ4v) is 10.1. The number of hydrogen-bond acceptors (Lipinski definition) is 18. The van der Waals surface area contributed by atoms with Gasteiger partial charge in [0.1, 0.15) is 42.2 Å². The van der Waals surface area contributed by atoms with Crippen LogP contribution in [0.1, 0.15) is 48.0 Å². The average molecular weight is 769 g/mol. The Labute approximate surface area is 309 Å². The van der Waals surface area contributed by atoms with Gasteiger partial charge in [-0.25, -0.2) is 14.4 Å². The minimum absolute atomic E-state index is 0.00828. The SMILES string of the molecule is COC(=O)[C@@]12OC[C@]34C(C(O)C1O)[C@@]1(C)C=C(O[C@@H]5O[C@H](CO)[C@@H](O)[C@H](O)[C@H]5O)C(=O)C(C)C1C[C@H]3OC(=O)[C@H](OC(=O)/C=C(\C)C(C)(C)OC(C)=O)[C@H]42. The van der Waals surface area contributed by atoms with E-state index < -0.39 is 144 Å². The van der Waals surface area contributed by atoms with Crippen LogP contribution >= 0.6 is 0 Å². The zero-order chi connectivity index (χ0) is 40.0. The summed E-state index contributed by atoms with van der Waals surface area (Å²) < 4.78 is 39.7. The van der Waals surface area contributed by atoms with Crippen LogP contribution in [-0.4, -0.2) is 147 Å². The van der Waals surface area contributed by atoms with Crippen molar-refractivity contribution in [1.29, 1.82) is 0 Å². The molecule has 18 heteroatoms. The number of aliphatic hydroxyl groups excluding tert-OH is 6. The van der Waals surface area contributed by atoms with Gasteiger partial charge in [0.25, 0.3) is 0 Å². The molecule has 1 spiro atoms. The lowest BCUT2D eigenvalue weighted by molar-refractivity contribution is -0.296. The maximum absolute atomic E-state index is 13.9. The highest BCUT2D eigenvalue weighted by molar-refractivity contribution is 5.97. The number of ketones is 1. The number of Topliss-reactive ketones (excluding diaryl/α,β-unsaturated/α-hetero) is 1. The Morgan fingerprint density at radius 1 is 1.02 bits per heavy atom. The molecule has 18 nitrogen and oxygen atoms in total. The van der Waals surface area contributed by atoms with Crippen molar-refractivity contribution in [2.45, 2.75) is 114 Å². The van der Waals surface area contributed by atoms with Crippen molar-refractivity contribution in [3.8, 4) is 0 Å². The highest BCUT2D eigenvalue weighted by Gasteiger charge is 2.85. The number of esters is 4. The molecule has 0 aromatic heterocycles. The van der Waals surface area contributed by atoms with E-state index in [4.69, 9.17) is 33.2 Å². The first-order valence-corrected chi connectivity index (χ1v) is 17.8. The molecule has 5 unspecified atom stereocenters. The molecule has 3 heterocycles. The van der Waals surface area contributed by atoms with Gasteiger partial charge in [-0.1, -0.05) is 13.8 Å². The Bertz CT molecular complexity index is 1650. The molecule has 6 aliphatic rings. The first-order valence-electron chi connectivity index (χ1n) is 17.8. The highest BCUT2D eigenvalue weighted by atomic mass is 16.7. The molecule has 2 saturated carbocycles. The fraction of sp³-hybridized carbons (Fsp3) is 0.750. The third kappa shape index (κ3) is 5.63. The molecule has 2 bridgehead atoms. The van der Waals surface area contributed by atoms with E-state index in [1.54, 1.807) is 13.8 Å². The fourth-order valence-electron chi connectivity index (χ4n) is 10.1. The van der Waals surface area contributed by atoms with Crippen molar-refractivity contribution < 1.29 is 87.8 Å². The Balaban J connectivity index is 1.45. The number of carbonyl (C=O) groups is 5. The van der Waals surface area contributed by atoms with E-state index in [9.17, 15) is 54.6 Å². The summed E-state index contributed by atoms with van der Waals surface area (Å²) in [5.41, 5.74) is -6.34. The van der Waals surface area contributed by atoms with Crippen molar-refractivity contribution in [2.24, 2.45) is 34.5 Å². The standard InChI is InChI=1S/C36H48O18/c1-13(33(4,5)54-15(3)38)8-20(39)53-26-28-35-12-49-36(28,32(47)48-7)29(45)25(44)27(35)34(6)10-17(21(40)14(2)16(34)9-19(35)52-30(26)46)50-31-24(43)23(42)22(41)18(11-37)51-31/h8,10,14,16,18-19,22-29,31,37,41-45H,9,11-12H2,1-7H3/b13-8+/t14?,16?,18-,19-,22-,23+,24-,25?,26-,27?,28-,29?,31-,34+,35-,36+/m1/s1. The first kappa shape index (κ1) is 40.2. The van der Waals surface area contributed by atoms with Crippen LogP contribution in [0.15, 0.2) is 23.5 Å². The summed E-state index contributed by atoms with van der Waals surface area (Å²) in [6.07, 6.45) is -12.9. The molecule has 16 atom stereocenters. The second-order valence-corrected chi connectivity index (χ2v) is 16.0. The van der Waals surface area contributed by atoms with Gasteiger partial charge in [0, 0.05) is 30.3 Å². The molecule has 0 aromatic carbocycles. The second kappa shape index (κ2) is 13.6. The molecule has 6 rings (SSSR count). The summed E-state index contributed by atoms with van der Waals surface area (Å²) in [7, 11) is 1.03. The van der Waals surface area contributed by atoms with Crippen molar-refractivity contribution in [3.05, 3.63) is 23.5 Å². The summed E-state index contributed by atoms with van der Waals surface area (Å²) in [5.74, 6) is -9.12. The molecule has 5 fully saturated rings. The Morgan fingerprint density at radius 2 is 1.69 bits per heavy atom. The third-order valence-corrected chi connectivity index (χ3v) is 12.8. The third-order valence-electron chi connectivity index (χ3n) is 12.8. The normalized spacial score (nSPS) is 45.6. The first-order chi connectivity index (χ1) is 25.1. The summed E-state index contributed by atoms with van der Waals surface area (Å²) >= 11 is 0. The van der Waals surface area contributed by atoms with Gasteiger partial charge in [0.15, 0.2) is 11.5 Å². The van der Waals surface area contributed by atoms with Gasteiger partial charge in [-0.2, -0.15) is 0 Å². The van der Waals surface area contributed by atoms with Crippen LogP contribution in [0.3, 0.4) is 0 Å². The molecule has 3 aliphatic carbocycles. The van der Waals surface area contributed by atoms with E-state index in [0.717, 1.165) is 13.2 Å². The lowest BCUT2D eigenvalue weighted by Gasteiger charge is -2.67. The quantitative estimate of drug-likeness (QED) is 0.0881. The largest absolute Gasteiger partial charge is 0.467 e. The second-order valence-electron chi connectivity index (χ2n) is 16.0. The minimum Gasteiger partial charge on any atom is -0.467 e. The zero-order valence-electron chi connectivity index (χ0n) is 30.9. The predicted octanol–water partition coefficient (Wildman–Crippen LogP) is -2.05. The molecule has 0 aromatic rings. The average Bonchev–Trinajstić information content (AvgIpc) is 3.41. The van der Waals surface area contributed by atoms with Gasteiger partial charge in [0.05, 0.1) is 32.3 Å². The lowest BCUT2D eigenvalue weighted by Crippen LogP contribution is -2.79. The molecule has 300 valence electrons. The number of hydrogen-bond donors (Lipinski definition) is 6. The topological polar surface area (TPSA) is 271 Å². The predicted molar refractivity (Wildman–Crippen MR) is 175 cm³/mol. The van der Waals surface area contributed by atoms with Crippen molar-refractivity contribution in [1.82, 2.24) is 0 Å². The highest BCUT2D eigenvalue weighted by Crippen LogP contribution is 2.72. The molecular formula is C36H48O18. The van der Waals surface area contributed by atoms with Gasteiger partial charge >= 0.3 is 23.9 Å². The smallest absolute Gasteiger partial charge is 0.348 e. The van der Waals surface area contributed by atoms with E-state index >= 15 is 0 Å². The maximum Gasteiger partial charge on any atom is 0.348 e. The Morgan fingerprint density at radius 3 is 2.30 bits per heavy atom. The molecule has 3 aliphatic heterocycles. The van der Waals surface area contributed by atoms with Crippen LogP contribution in [0.2, 0.25) is 0 Å². The van der Waals surface area contributed by atoms with E-state index in [1.165, 1.54) is 33.8 Å². The molecule has 0 amide bonds. The van der Waals surface area contributed by atoms with Gasteiger partial charge in [-0.15, -0.1) is 0 Å². The molecular weight excluding hydrogens is 720 g/mol. The number of aliphatic hydroxyl groups is 6. The zero-order valence-corrected chi connectivity index (χ0v) is 30.9. The number of rotatable bonds is 8. The lowest BCUT2D eigenvalue weighted by atomic mass is 9.38. The van der Waals surface area contributed by atoms with Crippen LogP contribution in [-0.2, 0) is 57.1 Å². The number of methoxy groups -OCH3 is 1.